The van der Waals surface area contributed by atoms with Crippen molar-refractivity contribution in [3.8, 4) is 5.75 Å². The van der Waals surface area contributed by atoms with Gasteiger partial charge in [-0.15, -0.1) is 0 Å². The van der Waals surface area contributed by atoms with Gasteiger partial charge in [0.05, 0.1) is 25.4 Å². The van der Waals surface area contributed by atoms with Crippen LogP contribution in [0.25, 0.3) is 10.9 Å². The van der Waals surface area contributed by atoms with E-state index in [1.165, 1.54) is 0 Å². The number of aromatic amines is 1. The number of carbonyl (C=O) groups is 1. The fourth-order valence-electron chi connectivity index (χ4n) is 4.96. The Hall–Kier alpha value is -2.97. The number of carbonyl (C=O) groups excluding carboxylic acids is 1. The standard InChI is InChI=1S/C28H28Cl2N2O5/c29-18-3-8-22(9-4-18)37-28(35)32-13-11-23-24-15-19(30)5-10-25(24)31-26(23)27(32)17-1-6-21(7-2-17)36-14-12-20(34)16-33/h1,3-10,15,17,20,27,31,33-34H,2,11-14,16H2/t17?,20-,27-/m0/s1. The Kier molecular flexibility index (Phi) is 7.76. The molecule has 2 aliphatic rings. The number of ether oxygens (including phenoxy) is 2. The number of aliphatic hydroxyl groups is 2. The second-order valence-electron chi connectivity index (χ2n) is 9.26. The first kappa shape index (κ1) is 25.7. The zero-order valence-electron chi connectivity index (χ0n) is 20.1. The second kappa shape index (κ2) is 11.2. The van der Waals surface area contributed by atoms with Gasteiger partial charge < -0.3 is 24.7 Å². The molecule has 2 aromatic carbocycles. The number of aliphatic hydroxyl groups excluding tert-OH is 2. The first-order chi connectivity index (χ1) is 17.9. The molecule has 9 heteroatoms. The molecule has 3 aromatic rings. The highest BCUT2D eigenvalue weighted by Crippen LogP contribution is 2.42. The van der Waals surface area contributed by atoms with Crippen LogP contribution in [0.1, 0.15) is 30.1 Å². The Balaban J connectivity index is 1.41. The van der Waals surface area contributed by atoms with E-state index >= 15 is 0 Å². The van der Waals surface area contributed by atoms with E-state index in [9.17, 15) is 9.90 Å². The monoisotopic (exact) mass is 542 g/mol. The molecule has 1 amide bonds. The molecular formula is C28H28Cl2N2O5. The van der Waals surface area contributed by atoms with Gasteiger partial charge in [-0.25, -0.2) is 4.79 Å². The fraction of sp³-hybridized carbons (Fsp3) is 0.321. The molecule has 2 heterocycles. The van der Waals surface area contributed by atoms with Gasteiger partial charge in [0.25, 0.3) is 0 Å². The molecule has 0 fully saturated rings. The Labute approximate surface area is 224 Å². The molecule has 7 nitrogen and oxygen atoms in total. The molecule has 1 aliphatic heterocycles. The lowest BCUT2D eigenvalue weighted by Crippen LogP contribution is -2.44. The quantitative estimate of drug-likeness (QED) is 0.351. The van der Waals surface area contributed by atoms with Gasteiger partial charge in [0.2, 0.25) is 0 Å². The fourth-order valence-corrected chi connectivity index (χ4v) is 5.26. The molecule has 37 heavy (non-hydrogen) atoms. The summed E-state index contributed by atoms with van der Waals surface area (Å²) in [6.07, 6.45) is 6.40. The number of H-pyrrole nitrogens is 1. The van der Waals surface area contributed by atoms with Crippen molar-refractivity contribution in [3.63, 3.8) is 0 Å². The SMILES string of the molecule is O=C(Oc1ccc(Cl)cc1)N1CCc2c([nH]c3ccc(Cl)cc23)[C@@H]1C1C=CC(OCC[C@H](O)CO)=CC1. The molecule has 0 saturated heterocycles. The third-order valence-electron chi connectivity index (χ3n) is 6.82. The molecule has 1 unspecified atom stereocenters. The number of benzene rings is 2. The van der Waals surface area contributed by atoms with Crippen LogP contribution in [-0.2, 0) is 11.2 Å². The second-order valence-corrected chi connectivity index (χ2v) is 10.1. The normalized spacial score (nSPS) is 19.9. The number of amides is 1. The number of hydrogen-bond donors (Lipinski definition) is 3. The lowest BCUT2D eigenvalue weighted by molar-refractivity contribution is 0.0656. The van der Waals surface area contributed by atoms with E-state index in [4.69, 9.17) is 37.8 Å². The molecule has 194 valence electrons. The Morgan fingerprint density at radius 1 is 1.16 bits per heavy atom. The molecule has 3 atom stereocenters. The minimum atomic E-state index is -0.794. The first-order valence-electron chi connectivity index (χ1n) is 12.3. The van der Waals surface area contributed by atoms with Gasteiger partial charge in [0.15, 0.2) is 0 Å². The number of rotatable bonds is 7. The van der Waals surface area contributed by atoms with E-state index in [2.05, 4.69) is 11.1 Å². The van der Waals surface area contributed by atoms with Gasteiger partial charge in [0, 0.05) is 45.5 Å². The van der Waals surface area contributed by atoms with Gasteiger partial charge in [-0.05, 0) is 73.0 Å². The van der Waals surface area contributed by atoms with Crippen molar-refractivity contribution < 1.29 is 24.5 Å². The van der Waals surface area contributed by atoms with Gasteiger partial charge in [-0.1, -0.05) is 29.3 Å². The minimum absolute atomic E-state index is 0.0178. The van der Waals surface area contributed by atoms with Gasteiger partial charge >= 0.3 is 6.09 Å². The first-order valence-corrected chi connectivity index (χ1v) is 13.0. The van der Waals surface area contributed by atoms with Crippen LogP contribution in [0.2, 0.25) is 10.0 Å². The van der Waals surface area contributed by atoms with Crippen LogP contribution in [0.5, 0.6) is 5.75 Å². The largest absolute Gasteiger partial charge is 0.494 e. The van der Waals surface area contributed by atoms with E-state index in [1.807, 2.05) is 30.4 Å². The van der Waals surface area contributed by atoms with Crippen molar-refractivity contribution in [2.45, 2.75) is 31.4 Å². The summed E-state index contributed by atoms with van der Waals surface area (Å²) in [7, 11) is 0. The zero-order chi connectivity index (χ0) is 25.9. The van der Waals surface area contributed by atoms with Crippen molar-refractivity contribution in [1.29, 1.82) is 0 Å². The van der Waals surface area contributed by atoms with Crippen LogP contribution >= 0.6 is 23.2 Å². The van der Waals surface area contributed by atoms with Crippen molar-refractivity contribution in [1.82, 2.24) is 9.88 Å². The van der Waals surface area contributed by atoms with Crippen LogP contribution in [0.15, 0.2) is 66.5 Å². The predicted molar refractivity (Wildman–Crippen MR) is 143 cm³/mol. The van der Waals surface area contributed by atoms with Crippen LogP contribution < -0.4 is 4.74 Å². The van der Waals surface area contributed by atoms with Crippen LogP contribution in [0, 0.1) is 5.92 Å². The number of hydrogen-bond acceptors (Lipinski definition) is 5. The third kappa shape index (κ3) is 5.65. The topological polar surface area (TPSA) is 95.0 Å². The van der Waals surface area contributed by atoms with Gasteiger partial charge in [0.1, 0.15) is 11.5 Å². The average Bonchev–Trinajstić information content (AvgIpc) is 3.27. The molecule has 0 spiro atoms. The van der Waals surface area contributed by atoms with Crippen molar-refractivity contribution in [2.24, 2.45) is 5.92 Å². The highest BCUT2D eigenvalue weighted by molar-refractivity contribution is 6.31. The maximum absolute atomic E-state index is 13.4. The number of halogens is 2. The Morgan fingerprint density at radius 3 is 2.68 bits per heavy atom. The summed E-state index contributed by atoms with van der Waals surface area (Å²) in [5, 5.41) is 20.8. The van der Waals surface area contributed by atoms with E-state index in [0.29, 0.717) is 54.0 Å². The van der Waals surface area contributed by atoms with E-state index < -0.39 is 12.2 Å². The maximum Gasteiger partial charge on any atom is 0.415 e. The van der Waals surface area contributed by atoms with E-state index in [-0.39, 0.29) is 18.6 Å². The molecule has 0 radical (unpaired) electrons. The molecule has 5 rings (SSSR count). The summed E-state index contributed by atoms with van der Waals surface area (Å²) in [4.78, 5) is 18.7. The summed E-state index contributed by atoms with van der Waals surface area (Å²) >= 11 is 12.3. The number of nitrogens with one attached hydrogen (secondary N) is 1. The average molecular weight is 543 g/mol. The lowest BCUT2D eigenvalue weighted by Gasteiger charge is -2.39. The number of fused-ring (bicyclic) bond motifs is 3. The lowest BCUT2D eigenvalue weighted by atomic mass is 9.84. The third-order valence-corrected chi connectivity index (χ3v) is 7.31. The minimum Gasteiger partial charge on any atom is -0.494 e. The summed E-state index contributed by atoms with van der Waals surface area (Å²) < 4.78 is 11.5. The predicted octanol–water partition coefficient (Wildman–Crippen LogP) is 5.79. The Bertz CT molecular complexity index is 1330. The highest BCUT2D eigenvalue weighted by atomic mass is 35.5. The smallest absolute Gasteiger partial charge is 0.415 e. The zero-order valence-corrected chi connectivity index (χ0v) is 21.6. The highest BCUT2D eigenvalue weighted by Gasteiger charge is 2.39. The van der Waals surface area contributed by atoms with Crippen LogP contribution in [-0.4, -0.2) is 52.1 Å². The number of nitrogens with zero attached hydrogens (tertiary/aromatic N) is 1. The van der Waals surface area contributed by atoms with Crippen LogP contribution in [0.3, 0.4) is 0 Å². The summed E-state index contributed by atoms with van der Waals surface area (Å²) in [6, 6.07) is 12.2. The van der Waals surface area contributed by atoms with E-state index in [1.54, 1.807) is 29.2 Å². The number of allylic oxidation sites excluding steroid dienone is 2. The van der Waals surface area contributed by atoms with Crippen molar-refractivity contribution in [3.05, 3.63) is 87.8 Å². The van der Waals surface area contributed by atoms with E-state index in [0.717, 1.165) is 22.2 Å². The summed E-state index contributed by atoms with van der Waals surface area (Å²) in [5.41, 5.74) is 3.12. The maximum atomic E-state index is 13.4. The molecule has 1 aliphatic carbocycles. The van der Waals surface area contributed by atoms with Gasteiger partial charge in [-0.3, -0.25) is 4.90 Å². The van der Waals surface area contributed by atoms with Crippen molar-refractivity contribution >= 4 is 40.2 Å². The van der Waals surface area contributed by atoms with Crippen molar-refractivity contribution in [2.75, 3.05) is 19.8 Å². The van der Waals surface area contributed by atoms with Crippen LogP contribution in [0.4, 0.5) is 4.79 Å². The summed E-state index contributed by atoms with van der Waals surface area (Å²) in [6.45, 7) is 0.514. The number of aromatic nitrogens is 1. The summed E-state index contributed by atoms with van der Waals surface area (Å²) in [5.74, 6) is 1.12. The molecule has 3 N–H and O–H groups in total. The molecule has 0 bridgehead atoms. The van der Waals surface area contributed by atoms with Gasteiger partial charge in [-0.2, -0.15) is 0 Å². The molecule has 1 aromatic heterocycles. The molecule has 0 saturated carbocycles. The Morgan fingerprint density at radius 2 is 1.95 bits per heavy atom. The molecular weight excluding hydrogens is 515 g/mol.